The van der Waals surface area contributed by atoms with Crippen LogP contribution in [0.25, 0.3) is 0 Å². The lowest BCUT2D eigenvalue weighted by atomic mass is 10.1. The van der Waals surface area contributed by atoms with Crippen molar-refractivity contribution in [3.05, 3.63) is 47.3 Å². The summed E-state index contributed by atoms with van der Waals surface area (Å²) in [6, 6.07) is 8.58. The van der Waals surface area contributed by atoms with Gasteiger partial charge in [-0.2, -0.15) is 0 Å². The van der Waals surface area contributed by atoms with Crippen molar-refractivity contribution in [2.75, 3.05) is 0 Å². The average Bonchev–Trinajstić information content (AvgIpc) is 2.70. The zero-order valence-corrected chi connectivity index (χ0v) is 8.80. The molecule has 1 heterocycles. The molecule has 0 unspecified atom stereocenters. The van der Waals surface area contributed by atoms with E-state index in [4.69, 9.17) is 4.52 Å². The number of hydrogen-bond acceptors (Lipinski definition) is 4. The van der Waals surface area contributed by atoms with E-state index in [1.54, 1.807) is 24.3 Å². The van der Waals surface area contributed by atoms with Gasteiger partial charge in [0.05, 0.1) is 0 Å². The Balaban J connectivity index is 2.21. The molecule has 16 heavy (non-hydrogen) atoms. The lowest BCUT2D eigenvalue weighted by molar-refractivity contribution is 0.100. The number of aromatic nitrogens is 1. The van der Waals surface area contributed by atoms with Crippen molar-refractivity contribution in [1.82, 2.24) is 5.16 Å². The first-order valence-electron chi connectivity index (χ1n) is 4.90. The molecule has 4 heteroatoms. The first-order chi connectivity index (χ1) is 7.66. The van der Waals surface area contributed by atoms with Crippen LogP contribution >= 0.6 is 0 Å². The van der Waals surface area contributed by atoms with Crippen LogP contribution in [-0.2, 0) is 6.42 Å². The van der Waals surface area contributed by atoms with Gasteiger partial charge in [0.2, 0.25) is 0 Å². The maximum absolute atomic E-state index is 11.0. The third-order valence-electron chi connectivity index (χ3n) is 2.28. The maximum Gasteiger partial charge on any atom is 0.181 e. The van der Waals surface area contributed by atoms with E-state index in [2.05, 4.69) is 5.16 Å². The van der Waals surface area contributed by atoms with Gasteiger partial charge in [0.15, 0.2) is 5.78 Å². The number of carbonyl (C=O) groups excluding carboxylic acids is 1. The molecule has 0 saturated heterocycles. The van der Waals surface area contributed by atoms with E-state index in [-0.39, 0.29) is 11.5 Å². The summed E-state index contributed by atoms with van der Waals surface area (Å²) < 4.78 is 5.00. The molecule has 0 aliphatic heterocycles. The third-order valence-corrected chi connectivity index (χ3v) is 2.28. The monoisotopic (exact) mass is 217 g/mol. The van der Waals surface area contributed by atoms with Crippen LogP contribution in [-0.4, -0.2) is 16.0 Å². The molecule has 82 valence electrons. The Morgan fingerprint density at radius 2 is 2.19 bits per heavy atom. The summed E-state index contributed by atoms with van der Waals surface area (Å²) in [5.74, 6) is 0.641. The highest BCUT2D eigenvalue weighted by Crippen LogP contribution is 2.19. The zero-order chi connectivity index (χ0) is 11.5. The molecule has 1 aromatic heterocycles. The number of phenols is 1. The predicted molar refractivity (Wildman–Crippen MR) is 57.4 cm³/mol. The fraction of sp³-hybridized carbons (Fsp3) is 0.167. The van der Waals surface area contributed by atoms with Gasteiger partial charge in [0.25, 0.3) is 0 Å². The Morgan fingerprint density at radius 1 is 1.44 bits per heavy atom. The molecule has 0 atom stereocenters. The van der Waals surface area contributed by atoms with Crippen molar-refractivity contribution < 1.29 is 14.4 Å². The summed E-state index contributed by atoms with van der Waals surface area (Å²) in [5.41, 5.74) is 1.05. The second-order valence-electron chi connectivity index (χ2n) is 3.54. The van der Waals surface area contributed by atoms with Crippen LogP contribution in [0.4, 0.5) is 0 Å². The minimum absolute atomic E-state index is 0.132. The minimum Gasteiger partial charge on any atom is -0.508 e. The molecule has 0 saturated carbocycles. The molecule has 0 fully saturated rings. The van der Waals surface area contributed by atoms with E-state index in [0.29, 0.717) is 17.9 Å². The number of carbonyl (C=O) groups is 1. The Bertz CT molecular complexity index is 516. The van der Waals surface area contributed by atoms with Crippen LogP contribution < -0.4 is 0 Å². The number of nitrogens with zero attached hydrogens (tertiary/aromatic N) is 1. The van der Waals surface area contributed by atoms with Crippen LogP contribution in [0.2, 0.25) is 0 Å². The second-order valence-corrected chi connectivity index (χ2v) is 3.54. The Morgan fingerprint density at radius 3 is 2.81 bits per heavy atom. The van der Waals surface area contributed by atoms with Gasteiger partial charge in [-0.25, -0.2) is 0 Å². The molecule has 1 N–H and O–H groups in total. The van der Waals surface area contributed by atoms with E-state index in [9.17, 15) is 9.90 Å². The summed E-state index contributed by atoms with van der Waals surface area (Å²) in [4.78, 5) is 11.0. The summed E-state index contributed by atoms with van der Waals surface area (Å²) >= 11 is 0. The highest BCUT2D eigenvalue weighted by atomic mass is 16.5. The van der Waals surface area contributed by atoms with Crippen molar-refractivity contribution in [2.45, 2.75) is 13.3 Å². The lowest BCUT2D eigenvalue weighted by Gasteiger charge is -1.99. The number of hydrogen-bond donors (Lipinski definition) is 1. The fourth-order valence-corrected chi connectivity index (χ4v) is 1.41. The minimum atomic E-state index is -0.132. The highest BCUT2D eigenvalue weighted by Gasteiger charge is 2.10. The fourth-order valence-electron chi connectivity index (χ4n) is 1.41. The number of ketones is 1. The summed E-state index contributed by atoms with van der Waals surface area (Å²) in [5, 5.41) is 13.2. The molecule has 1 aromatic carbocycles. The standard InChI is InChI=1S/C12H11NO3/c1-8(14)11-7-10(16-13-11)6-9-4-2-3-5-12(9)15/h2-5,7,15H,6H2,1H3. The van der Waals surface area contributed by atoms with Crippen LogP contribution in [0.15, 0.2) is 34.9 Å². The largest absolute Gasteiger partial charge is 0.508 e. The third kappa shape index (κ3) is 2.11. The molecule has 0 bridgehead atoms. The second kappa shape index (κ2) is 4.18. The van der Waals surface area contributed by atoms with E-state index in [1.165, 1.54) is 6.92 Å². The topological polar surface area (TPSA) is 63.3 Å². The van der Waals surface area contributed by atoms with Crippen LogP contribution in [0.3, 0.4) is 0 Å². The summed E-state index contributed by atoms with van der Waals surface area (Å²) in [6.07, 6.45) is 0.424. The van der Waals surface area contributed by atoms with Crippen LogP contribution in [0.5, 0.6) is 5.75 Å². The molecule has 0 aliphatic rings. The first kappa shape index (κ1) is 10.4. The van der Waals surface area contributed by atoms with Crippen molar-refractivity contribution in [3.63, 3.8) is 0 Å². The van der Waals surface area contributed by atoms with Crippen molar-refractivity contribution in [3.8, 4) is 5.75 Å². The van der Waals surface area contributed by atoms with Crippen LogP contribution in [0.1, 0.15) is 28.7 Å². The lowest BCUT2D eigenvalue weighted by Crippen LogP contribution is -1.90. The molecular formula is C12H11NO3. The van der Waals surface area contributed by atoms with Gasteiger partial charge < -0.3 is 9.63 Å². The Hall–Kier alpha value is -2.10. The molecule has 0 amide bonds. The molecule has 0 spiro atoms. The van der Waals surface area contributed by atoms with Gasteiger partial charge in [-0.1, -0.05) is 23.4 Å². The maximum atomic E-state index is 11.0. The number of benzene rings is 1. The van der Waals surface area contributed by atoms with Gasteiger partial charge in [0.1, 0.15) is 17.2 Å². The smallest absolute Gasteiger partial charge is 0.181 e. The zero-order valence-electron chi connectivity index (χ0n) is 8.80. The van der Waals surface area contributed by atoms with Crippen molar-refractivity contribution in [1.29, 1.82) is 0 Å². The SMILES string of the molecule is CC(=O)c1cc(Cc2ccccc2O)on1. The van der Waals surface area contributed by atoms with E-state index in [0.717, 1.165) is 5.56 Å². The number of aromatic hydroxyl groups is 1. The van der Waals surface area contributed by atoms with Crippen LogP contribution in [0, 0.1) is 0 Å². The van der Waals surface area contributed by atoms with E-state index >= 15 is 0 Å². The molecule has 2 rings (SSSR count). The summed E-state index contributed by atoms with van der Waals surface area (Å²) in [7, 11) is 0. The highest BCUT2D eigenvalue weighted by molar-refractivity contribution is 5.91. The molecule has 2 aromatic rings. The van der Waals surface area contributed by atoms with E-state index in [1.807, 2.05) is 6.07 Å². The van der Waals surface area contributed by atoms with E-state index < -0.39 is 0 Å². The van der Waals surface area contributed by atoms with Crippen molar-refractivity contribution >= 4 is 5.78 Å². The molecule has 0 aliphatic carbocycles. The first-order valence-corrected chi connectivity index (χ1v) is 4.90. The summed E-state index contributed by atoms with van der Waals surface area (Å²) in [6.45, 7) is 1.43. The Kier molecular flexibility index (Phi) is 2.72. The number of rotatable bonds is 3. The van der Waals surface area contributed by atoms with Gasteiger partial charge in [0, 0.05) is 25.0 Å². The quantitative estimate of drug-likeness (QED) is 0.800. The van der Waals surface area contributed by atoms with Crippen molar-refractivity contribution in [2.24, 2.45) is 0 Å². The molecule has 0 radical (unpaired) electrons. The molecular weight excluding hydrogens is 206 g/mol. The normalized spacial score (nSPS) is 10.3. The number of Topliss-reactive ketones (excluding diaryl/α,β-unsaturated/α-hetero) is 1. The average molecular weight is 217 g/mol. The number of para-hydroxylation sites is 1. The van der Waals surface area contributed by atoms with Gasteiger partial charge in [-0.05, 0) is 6.07 Å². The van der Waals surface area contributed by atoms with Gasteiger partial charge in [-0.15, -0.1) is 0 Å². The van der Waals surface area contributed by atoms with Gasteiger partial charge >= 0.3 is 0 Å². The van der Waals surface area contributed by atoms with Gasteiger partial charge in [-0.3, -0.25) is 4.79 Å². The molecule has 4 nitrogen and oxygen atoms in total. The Labute approximate surface area is 92.5 Å². The number of phenolic OH excluding ortho intramolecular Hbond substituents is 1. The predicted octanol–water partition coefficient (Wildman–Crippen LogP) is 2.17.